The average Bonchev–Trinajstić information content (AvgIpc) is 2.51. The van der Waals surface area contributed by atoms with Crippen LogP contribution < -0.4 is 4.74 Å². The summed E-state index contributed by atoms with van der Waals surface area (Å²) in [6.45, 7) is 7.85. The first-order valence-electron chi connectivity index (χ1n) is 7.46. The van der Waals surface area contributed by atoms with Gasteiger partial charge in [-0.2, -0.15) is 15.5 Å². The molecular formula is C17H20N4O2. The largest absolute Gasteiger partial charge is 0.485 e. The minimum atomic E-state index is -0.840. The van der Waals surface area contributed by atoms with Gasteiger partial charge in [-0.25, -0.2) is 0 Å². The van der Waals surface area contributed by atoms with Gasteiger partial charge in [-0.15, -0.1) is 0 Å². The fourth-order valence-corrected chi connectivity index (χ4v) is 2.94. The number of benzene rings is 1. The number of hydrogen-bond donors (Lipinski definition) is 1. The van der Waals surface area contributed by atoms with Crippen LogP contribution in [0.1, 0.15) is 44.9 Å². The molecule has 0 unspecified atom stereocenters. The van der Waals surface area contributed by atoms with Crippen LogP contribution in [-0.2, 0) is 0 Å². The Morgan fingerprint density at radius 2 is 2.13 bits per heavy atom. The summed E-state index contributed by atoms with van der Waals surface area (Å²) in [5.74, 6) is 1.15. The molecule has 1 heterocycles. The van der Waals surface area contributed by atoms with E-state index in [4.69, 9.17) is 15.3 Å². The lowest BCUT2D eigenvalue weighted by atomic mass is 9.85. The van der Waals surface area contributed by atoms with Crippen LogP contribution in [0.25, 0.3) is 0 Å². The van der Waals surface area contributed by atoms with Gasteiger partial charge in [0.2, 0.25) is 6.19 Å². The maximum atomic E-state index is 10.8. The Morgan fingerprint density at radius 3 is 2.70 bits per heavy atom. The van der Waals surface area contributed by atoms with E-state index in [1.165, 1.54) is 0 Å². The maximum Gasteiger partial charge on any atom is 0.207 e. The average molecular weight is 312 g/mol. The highest BCUT2D eigenvalue weighted by Gasteiger charge is 2.45. The van der Waals surface area contributed by atoms with Crippen molar-refractivity contribution in [2.75, 3.05) is 6.54 Å². The molecule has 0 saturated carbocycles. The molecule has 0 spiro atoms. The van der Waals surface area contributed by atoms with Crippen molar-refractivity contribution in [3.05, 3.63) is 29.3 Å². The number of nitrogens with zero attached hydrogens (tertiary/aromatic N) is 4. The Morgan fingerprint density at radius 1 is 1.43 bits per heavy atom. The monoisotopic (exact) mass is 312 g/mol. The van der Waals surface area contributed by atoms with E-state index in [9.17, 15) is 5.11 Å². The second-order valence-corrected chi connectivity index (χ2v) is 6.00. The van der Waals surface area contributed by atoms with Crippen molar-refractivity contribution >= 4 is 5.84 Å². The van der Waals surface area contributed by atoms with Crippen LogP contribution >= 0.6 is 0 Å². The molecule has 0 saturated heterocycles. The maximum absolute atomic E-state index is 10.8. The third-order valence-electron chi connectivity index (χ3n) is 4.15. The van der Waals surface area contributed by atoms with Gasteiger partial charge in [0, 0.05) is 12.1 Å². The molecule has 1 aliphatic rings. The summed E-state index contributed by atoms with van der Waals surface area (Å²) in [5, 5.41) is 28.8. The number of aliphatic imine (C=N–C) groups is 1. The fraction of sp³-hybridized carbons (Fsp3) is 0.471. The molecule has 0 radical (unpaired) electrons. The molecule has 0 aromatic heterocycles. The predicted molar refractivity (Wildman–Crippen MR) is 85.7 cm³/mol. The zero-order valence-corrected chi connectivity index (χ0v) is 13.7. The Labute approximate surface area is 136 Å². The molecule has 0 fully saturated rings. The lowest BCUT2D eigenvalue weighted by Gasteiger charge is -2.46. The SMILES string of the molecule is CCN(C(C)=NC#N)[C@H]1c2cc(C#N)ccc2OC(C)(C)[C@@H]1O. The first kappa shape index (κ1) is 16.8. The quantitative estimate of drug-likeness (QED) is 0.514. The highest BCUT2D eigenvalue weighted by Crippen LogP contribution is 2.43. The van der Waals surface area contributed by atoms with Gasteiger partial charge in [0.05, 0.1) is 17.7 Å². The molecule has 0 bridgehead atoms. The molecule has 1 aromatic carbocycles. The van der Waals surface area contributed by atoms with E-state index in [-0.39, 0.29) is 0 Å². The van der Waals surface area contributed by atoms with Crippen LogP contribution in [0, 0.1) is 22.8 Å². The Hall–Kier alpha value is -2.57. The summed E-state index contributed by atoms with van der Waals surface area (Å²) >= 11 is 0. The van der Waals surface area contributed by atoms with Gasteiger partial charge >= 0.3 is 0 Å². The number of aliphatic hydroxyl groups excluding tert-OH is 1. The molecule has 120 valence electrons. The van der Waals surface area contributed by atoms with E-state index in [2.05, 4.69) is 11.1 Å². The van der Waals surface area contributed by atoms with Crippen LogP contribution in [0.3, 0.4) is 0 Å². The van der Waals surface area contributed by atoms with Crippen LogP contribution in [0.4, 0.5) is 0 Å². The van der Waals surface area contributed by atoms with Gasteiger partial charge in [-0.1, -0.05) is 0 Å². The number of aliphatic hydroxyl groups is 1. The molecule has 2 atom stereocenters. The van der Waals surface area contributed by atoms with Gasteiger partial charge in [0.15, 0.2) is 0 Å². The topological polar surface area (TPSA) is 92.6 Å². The van der Waals surface area contributed by atoms with Crippen molar-refractivity contribution < 1.29 is 9.84 Å². The Kier molecular flexibility index (Phi) is 4.58. The first-order valence-corrected chi connectivity index (χ1v) is 7.46. The lowest BCUT2D eigenvalue weighted by molar-refractivity contribution is -0.0810. The van der Waals surface area contributed by atoms with Crippen LogP contribution in [-0.4, -0.2) is 34.1 Å². The van der Waals surface area contributed by atoms with Gasteiger partial charge < -0.3 is 14.7 Å². The fourth-order valence-electron chi connectivity index (χ4n) is 2.94. The van der Waals surface area contributed by atoms with Gasteiger partial charge in [-0.3, -0.25) is 0 Å². The van der Waals surface area contributed by atoms with E-state index in [1.807, 2.05) is 25.7 Å². The van der Waals surface area contributed by atoms with E-state index in [1.54, 1.807) is 31.3 Å². The number of hydrogen-bond acceptors (Lipinski definition) is 5. The van der Waals surface area contributed by atoms with E-state index < -0.39 is 17.7 Å². The third-order valence-corrected chi connectivity index (χ3v) is 4.15. The van der Waals surface area contributed by atoms with Gasteiger partial charge in [-0.05, 0) is 45.9 Å². The highest BCUT2D eigenvalue weighted by atomic mass is 16.5. The zero-order valence-electron chi connectivity index (χ0n) is 13.7. The van der Waals surface area contributed by atoms with Crippen LogP contribution in [0.5, 0.6) is 5.75 Å². The molecular weight excluding hydrogens is 292 g/mol. The van der Waals surface area contributed by atoms with Crippen molar-refractivity contribution in [1.29, 1.82) is 10.5 Å². The molecule has 0 aliphatic carbocycles. The number of rotatable bonds is 2. The van der Waals surface area contributed by atoms with Crippen molar-refractivity contribution in [2.45, 2.75) is 45.4 Å². The smallest absolute Gasteiger partial charge is 0.207 e. The summed E-state index contributed by atoms with van der Waals surface area (Å²) < 4.78 is 5.90. The van der Waals surface area contributed by atoms with Crippen molar-refractivity contribution in [1.82, 2.24) is 4.90 Å². The second kappa shape index (κ2) is 6.28. The molecule has 1 aromatic rings. The van der Waals surface area contributed by atoms with Gasteiger partial charge in [0.25, 0.3) is 0 Å². The third kappa shape index (κ3) is 2.99. The number of nitriles is 2. The van der Waals surface area contributed by atoms with Crippen LogP contribution in [0.15, 0.2) is 23.2 Å². The normalized spacial score (nSPS) is 22.3. The standard InChI is InChI=1S/C17H20N4O2/c1-5-21(11(2)20-10-19)15-13-8-12(9-18)6-7-14(13)23-17(3,4)16(15)22/h6-8,15-16,22H,5H2,1-4H3/t15-,16+/m0/s1. The van der Waals surface area contributed by atoms with Crippen molar-refractivity contribution in [3.8, 4) is 18.0 Å². The highest BCUT2D eigenvalue weighted by molar-refractivity contribution is 5.81. The van der Waals surface area contributed by atoms with Crippen molar-refractivity contribution in [2.24, 2.45) is 4.99 Å². The van der Waals surface area contributed by atoms with Crippen molar-refractivity contribution in [3.63, 3.8) is 0 Å². The molecule has 6 heteroatoms. The summed E-state index contributed by atoms with van der Waals surface area (Å²) in [5.41, 5.74) is 0.423. The summed E-state index contributed by atoms with van der Waals surface area (Å²) in [6, 6.07) is 6.83. The molecule has 23 heavy (non-hydrogen) atoms. The van der Waals surface area contributed by atoms with E-state index in [0.29, 0.717) is 23.7 Å². The minimum Gasteiger partial charge on any atom is -0.485 e. The number of amidine groups is 1. The minimum absolute atomic E-state index is 0.441. The number of likely N-dealkylation sites (N-methyl/N-ethyl adjacent to an activating group) is 1. The first-order chi connectivity index (χ1) is 10.9. The molecule has 1 aliphatic heterocycles. The second-order valence-electron chi connectivity index (χ2n) is 6.00. The van der Waals surface area contributed by atoms with Crippen LogP contribution in [0.2, 0.25) is 0 Å². The predicted octanol–water partition coefficient (Wildman–Crippen LogP) is 2.35. The molecule has 1 N–H and O–H groups in total. The summed E-state index contributed by atoms with van der Waals surface area (Å²) in [7, 11) is 0. The molecule has 6 nitrogen and oxygen atoms in total. The van der Waals surface area contributed by atoms with E-state index >= 15 is 0 Å². The zero-order chi connectivity index (χ0) is 17.2. The molecule has 0 amide bonds. The Balaban J connectivity index is 2.63. The van der Waals surface area contributed by atoms with E-state index in [0.717, 1.165) is 5.56 Å². The number of ether oxygens (including phenoxy) is 1. The Bertz CT molecular complexity index is 712. The van der Waals surface area contributed by atoms with Gasteiger partial charge in [0.1, 0.15) is 23.3 Å². The molecule has 2 rings (SSSR count). The summed E-state index contributed by atoms with van der Waals surface area (Å²) in [6.07, 6.45) is 0.944. The number of fused-ring (bicyclic) bond motifs is 1. The summed E-state index contributed by atoms with van der Waals surface area (Å²) in [4.78, 5) is 5.66. The lowest BCUT2D eigenvalue weighted by Crippen LogP contribution is -2.54.